The van der Waals surface area contributed by atoms with Crippen LogP contribution in [-0.4, -0.2) is 16.7 Å². The average molecular weight is 250 g/mol. The quantitative estimate of drug-likeness (QED) is 0.876. The zero-order valence-corrected chi connectivity index (χ0v) is 9.48. The Morgan fingerprint density at radius 1 is 1.22 bits per heavy atom. The maximum Gasteiger partial charge on any atom is 0.168 e. The highest BCUT2D eigenvalue weighted by atomic mass is 19.1. The molecule has 0 aliphatic carbocycles. The van der Waals surface area contributed by atoms with Gasteiger partial charge >= 0.3 is 0 Å². The lowest BCUT2D eigenvalue weighted by Gasteiger charge is -2.17. The molecule has 3 nitrogen and oxygen atoms in total. The number of rotatable bonds is 4. The summed E-state index contributed by atoms with van der Waals surface area (Å²) < 4.78 is 26.1. The van der Waals surface area contributed by atoms with Gasteiger partial charge in [0, 0.05) is 6.07 Å². The predicted octanol–water partition coefficient (Wildman–Crippen LogP) is 2.51. The minimum atomic E-state index is -0.788. The van der Waals surface area contributed by atoms with Crippen LogP contribution in [0.5, 0.6) is 0 Å². The summed E-state index contributed by atoms with van der Waals surface area (Å²) in [5, 5.41) is 12.0. The number of benzene rings is 1. The molecule has 2 aromatic rings. The zero-order chi connectivity index (χ0) is 13.0. The fraction of sp³-hybridized carbons (Fsp3) is 0.154. The standard InChI is InChI=1S/C13H12F2N2O/c14-10-6-11(15)13(16-7-10)17-12(8-18)9-4-2-1-3-5-9/h1-7,12,18H,8H2,(H,16,17). The molecule has 0 spiro atoms. The maximum absolute atomic E-state index is 13.4. The summed E-state index contributed by atoms with van der Waals surface area (Å²) in [5.41, 5.74) is 0.797. The first-order chi connectivity index (χ1) is 8.70. The van der Waals surface area contributed by atoms with Gasteiger partial charge in [-0.05, 0) is 5.56 Å². The molecule has 0 saturated heterocycles. The van der Waals surface area contributed by atoms with Gasteiger partial charge in [-0.2, -0.15) is 0 Å². The summed E-state index contributed by atoms with van der Waals surface area (Å²) in [7, 11) is 0. The molecule has 0 aliphatic heterocycles. The molecule has 5 heteroatoms. The van der Waals surface area contributed by atoms with Crippen LogP contribution in [0, 0.1) is 11.6 Å². The second kappa shape index (κ2) is 5.55. The van der Waals surface area contributed by atoms with Crippen molar-refractivity contribution in [1.82, 2.24) is 4.98 Å². The third-order valence-corrected chi connectivity index (χ3v) is 2.50. The summed E-state index contributed by atoms with van der Waals surface area (Å²) >= 11 is 0. The normalized spacial score (nSPS) is 12.2. The Hall–Kier alpha value is -2.01. The number of aliphatic hydroxyl groups is 1. The predicted molar refractivity (Wildman–Crippen MR) is 64.0 cm³/mol. The van der Waals surface area contributed by atoms with Crippen molar-refractivity contribution in [1.29, 1.82) is 0 Å². The Labute approximate surface area is 103 Å². The molecule has 94 valence electrons. The number of halogens is 2. The Morgan fingerprint density at radius 3 is 2.56 bits per heavy atom. The number of anilines is 1. The van der Waals surface area contributed by atoms with Gasteiger partial charge in [-0.1, -0.05) is 30.3 Å². The highest BCUT2D eigenvalue weighted by Crippen LogP contribution is 2.20. The van der Waals surface area contributed by atoms with Crippen molar-refractivity contribution in [2.24, 2.45) is 0 Å². The second-order valence-corrected chi connectivity index (χ2v) is 3.77. The van der Waals surface area contributed by atoms with Gasteiger partial charge in [0.2, 0.25) is 0 Å². The van der Waals surface area contributed by atoms with E-state index in [1.165, 1.54) is 0 Å². The Kier molecular flexibility index (Phi) is 3.84. The SMILES string of the molecule is OCC(Nc1ncc(F)cc1F)c1ccccc1. The summed E-state index contributed by atoms with van der Waals surface area (Å²) in [6.07, 6.45) is 0.921. The van der Waals surface area contributed by atoms with E-state index < -0.39 is 17.7 Å². The molecule has 2 rings (SSSR count). The molecular weight excluding hydrogens is 238 g/mol. The Balaban J connectivity index is 2.21. The zero-order valence-electron chi connectivity index (χ0n) is 9.48. The molecule has 1 aromatic heterocycles. The van der Waals surface area contributed by atoms with Crippen molar-refractivity contribution < 1.29 is 13.9 Å². The molecule has 1 atom stereocenters. The summed E-state index contributed by atoms with van der Waals surface area (Å²) in [6, 6.07) is 9.33. The van der Waals surface area contributed by atoms with Crippen LogP contribution in [0.2, 0.25) is 0 Å². The van der Waals surface area contributed by atoms with Crippen molar-refractivity contribution in [3.8, 4) is 0 Å². The number of hydrogen-bond donors (Lipinski definition) is 2. The smallest absolute Gasteiger partial charge is 0.168 e. The number of nitrogens with one attached hydrogen (secondary N) is 1. The summed E-state index contributed by atoms with van der Waals surface area (Å²) in [6.45, 7) is -0.220. The monoisotopic (exact) mass is 250 g/mol. The van der Waals surface area contributed by atoms with Gasteiger partial charge in [0.1, 0.15) is 5.82 Å². The Bertz CT molecular complexity index is 520. The van der Waals surface area contributed by atoms with E-state index in [0.717, 1.165) is 17.8 Å². The van der Waals surface area contributed by atoms with E-state index >= 15 is 0 Å². The highest BCUT2D eigenvalue weighted by Gasteiger charge is 2.13. The van der Waals surface area contributed by atoms with E-state index in [4.69, 9.17) is 0 Å². The third-order valence-electron chi connectivity index (χ3n) is 2.50. The van der Waals surface area contributed by atoms with E-state index in [1.54, 1.807) is 12.1 Å². The largest absolute Gasteiger partial charge is 0.394 e. The number of aromatic nitrogens is 1. The lowest BCUT2D eigenvalue weighted by atomic mass is 10.1. The second-order valence-electron chi connectivity index (χ2n) is 3.77. The van der Waals surface area contributed by atoms with Crippen molar-refractivity contribution >= 4 is 5.82 Å². The topological polar surface area (TPSA) is 45.1 Å². The first kappa shape index (κ1) is 12.4. The van der Waals surface area contributed by atoms with Crippen LogP contribution < -0.4 is 5.32 Å². The van der Waals surface area contributed by atoms with Gasteiger partial charge < -0.3 is 10.4 Å². The lowest BCUT2D eigenvalue weighted by molar-refractivity contribution is 0.276. The molecule has 1 unspecified atom stereocenters. The van der Waals surface area contributed by atoms with E-state index in [9.17, 15) is 13.9 Å². The highest BCUT2D eigenvalue weighted by molar-refractivity contribution is 5.39. The first-order valence-corrected chi connectivity index (χ1v) is 5.44. The van der Waals surface area contributed by atoms with Crippen LogP contribution in [-0.2, 0) is 0 Å². The van der Waals surface area contributed by atoms with E-state index in [2.05, 4.69) is 10.3 Å². The Morgan fingerprint density at radius 2 is 1.94 bits per heavy atom. The number of aliphatic hydroxyl groups excluding tert-OH is 1. The van der Waals surface area contributed by atoms with Crippen molar-refractivity contribution in [2.75, 3.05) is 11.9 Å². The molecule has 0 aliphatic rings. The van der Waals surface area contributed by atoms with Gasteiger partial charge in [0.05, 0.1) is 18.8 Å². The van der Waals surface area contributed by atoms with Gasteiger partial charge in [-0.15, -0.1) is 0 Å². The minimum absolute atomic E-state index is 0.0840. The lowest BCUT2D eigenvalue weighted by Crippen LogP contribution is -2.16. The van der Waals surface area contributed by atoms with Gasteiger partial charge in [0.25, 0.3) is 0 Å². The summed E-state index contributed by atoms with van der Waals surface area (Å²) in [5.74, 6) is -1.61. The molecular formula is C13H12F2N2O. The number of hydrogen-bond acceptors (Lipinski definition) is 3. The molecule has 0 fully saturated rings. The maximum atomic E-state index is 13.4. The molecule has 2 N–H and O–H groups in total. The van der Waals surface area contributed by atoms with Crippen LogP contribution in [0.4, 0.5) is 14.6 Å². The van der Waals surface area contributed by atoms with Gasteiger partial charge in [0.15, 0.2) is 11.6 Å². The van der Waals surface area contributed by atoms with Crippen molar-refractivity contribution in [3.63, 3.8) is 0 Å². The fourth-order valence-corrected chi connectivity index (χ4v) is 1.61. The van der Waals surface area contributed by atoms with Crippen LogP contribution in [0.1, 0.15) is 11.6 Å². The number of nitrogens with zero attached hydrogens (tertiary/aromatic N) is 1. The van der Waals surface area contributed by atoms with Crippen LogP contribution in [0.25, 0.3) is 0 Å². The first-order valence-electron chi connectivity index (χ1n) is 5.44. The van der Waals surface area contributed by atoms with Gasteiger partial charge in [-0.25, -0.2) is 13.8 Å². The van der Waals surface area contributed by atoms with Crippen LogP contribution >= 0.6 is 0 Å². The van der Waals surface area contributed by atoms with E-state index in [-0.39, 0.29) is 12.4 Å². The number of pyridine rings is 1. The molecule has 18 heavy (non-hydrogen) atoms. The molecule has 1 aromatic carbocycles. The summed E-state index contributed by atoms with van der Waals surface area (Å²) in [4.78, 5) is 3.62. The van der Waals surface area contributed by atoms with Crippen molar-refractivity contribution in [3.05, 3.63) is 59.8 Å². The molecule has 0 amide bonds. The molecule has 0 bridgehead atoms. The van der Waals surface area contributed by atoms with E-state index in [0.29, 0.717) is 0 Å². The fourth-order valence-electron chi connectivity index (χ4n) is 1.61. The molecule has 1 heterocycles. The van der Waals surface area contributed by atoms with Crippen LogP contribution in [0.15, 0.2) is 42.6 Å². The molecule has 0 saturated carbocycles. The third kappa shape index (κ3) is 2.81. The van der Waals surface area contributed by atoms with Gasteiger partial charge in [-0.3, -0.25) is 0 Å². The average Bonchev–Trinajstić information content (AvgIpc) is 2.39. The van der Waals surface area contributed by atoms with Crippen molar-refractivity contribution in [2.45, 2.75) is 6.04 Å². The molecule has 0 radical (unpaired) electrons. The minimum Gasteiger partial charge on any atom is -0.394 e. The van der Waals surface area contributed by atoms with Crippen LogP contribution in [0.3, 0.4) is 0 Å². The van der Waals surface area contributed by atoms with E-state index in [1.807, 2.05) is 18.2 Å².